The van der Waals surface area contributed by atoms with Crippen LogP contribution in [-0.4, -0.2) is 12.5 Å². The number of amides is 1. The van der Waals surface area contributed by atoms with E-state index in [9.17, 15) is 4.79 Å². The third kappa shape index (κ3) is 2.39. The number of nitrogens with one attached hydrogen (secondary N) is 1. The Morgan fingerprint density at radius 3 is 2.95 bits per heavy atom. The Hall–Kier alpha value is -1.23. The summed E-state index contributed by atoms with van der Waals surface area (Å²) in [5, 5.41) is 5.12. The van der Waals surface area contributed by atoms with E-state index in [0.29, 0.717) is 16.5 Å². The standard InChI is InChI=1S/C14H11Cl2NO2S/c1-7-6-20-14(12(7)15)13(16)8-2-3-10-9(4-8)17-11(18)5-19-10/h2-4,6,13H,5H2,1H3,(H,17,18). The van der Waals surface area contributed by atoms with Crippen molar-refractivity contribution in [3.05, 3.63) is 44.6 Å². The number of anilines is 1. The van der Waals surface area contributed by atoms with Crippen LogP contribution in [0.4, 0.5) is 5.69 Å². The summed E-state index contributed by atoms with van der Waals surface area (Å²) in [5.74, 6) is 0.497. The predicted octanol–water partition coefficient (Wildman–Crippen LogP) is 4.37. The zero-order valence-electron chi connectivity index (χ0n) is 10.6. The van der Waals surface area contributed by atoms with Gasteiger partial charge >= 0.3 is 0 Å². The number of ether oxygens (including phenoxy) is 1. The van der Waals surface area contributed by atoms with Gasteiger partial charge in [-0.15, -0.1) is 22.9 Å². The van der Waals surface area contributed by atoms with Gasteiger partial charge in [-0.1, -0.05) is 17.7 Å². The second kappa shape index (κ2) is 5.28. The molecule has 6 heteroatoms. The smallest absolute Gasteiger partial charge is 0.262 e. The average molecular weight is 328 g/mol. The molecule has 1 aromatic heterocycles. The molecule has 1 atom stereocenters. The molecule has 0 fully saturated rings. The van der Waals surface area contributed by atoms with Gasteiger partial charge < -0.3 is 10.1 Å². The van der Waals surface area contributed by atoms with Gasteiger partial charge in [0.1, 0.15) is 5.75 Å². The maximum absolute atomic E-state index is 11.3. The molecular weight excluding hydrogens is 317 g/mol. The molecule has 104 valence electrons. The maximum Gasteiger partial charge on any atom is 0.262 e. The van der Waals surface area contributed by atoms with Gasteiger partial charge in [-0.3, -0.25) is 4.79 Å². The van der Waals surface area contributed by atoms with Crippen LogP contribution in [0.15, 0.2) is 23.6 Å². The van der Waals surface area contributed by atoms with E-state index in [1.807, 2.05) is 30.5 Å². The SMILES string of the molecule is Cc1csc(C(Cl)c2ccc3c(c2)NC(=O)CO3)c1Cl. The van der Waals surface area contributed by atoms with Crippen LogP contribution < -0.4 is 10.1 Å². The van der Waals surface area contributed by atoms with Crippen molar-refractivity contribution in [1.29, 1.82) is 0 Å². The number of aryl methyl sites for hydroxylation is 1. The molecule has 0 radical (unpaired) electrons. The van der Waals surface area contributed by atoms with E-state index in [4.69, 9.17) is 27.9 Å². The lowest BCUT2D eigenvalue weighted by Crippen LogP contribution is -2.25. The first-order chi connectivity index (χ1) is 9.56. The van der Waals surface area contributed by atoms with Gasteiger partial charge in [0, 0.05) is 4.88 Å². The zero-order valence-corrected chi connectivity index (χ0v) is 12.9. The Morgan fingerprint density at radius 2 is 2.25 bits per heavy atom. The highest BCUT2D eigenvalue weighted by Gasteiger charge is 2.21. The van der Waals surface area contributed by atoms with Gasteiger partial charge in [-0.25, -0.2) is 0 Å². The monoisotopic (exact) mass is 327 g/mol. The Morgan fingerprint density at radius 1 is 1.45 bits per heavy atom. The number of hydrogen-bond acceptors (Lipinski definition) is 3. The molecule has 20 heavy (non-hydrogen) atoms. The first-order valence-corrected chi connectivity index (χ1v) is 7.70. The van der Waals surface area contributed by atoms with Crippen LogP contribution in [0, 0.1) is 6.92 Å². The molecule has 1 amide bonds. The van der Waals surface area contributed by atoms with Crippen molar-refractivity contribution < 1.29 is 9.53 Å². The molecule has 0 aliphatic carbocycles. The molecule has 1 unspecified atom stereocenters. The van der Waals surface area contributed by atoms with E-state index in [1.54, 1.807) is 0 Å². The van der Waals surface area contributed by atoms with Crippen molar-refractivity contribution in [3.8, 4) is 5.75 Å². The molecule has 1 aliphatic rings. The van der Waals surface area contributed by atoms with Crippen molar-refractivity contribution in [3.63, 3.8) is 0 Å². The highest BCUT2D eigenvalue weighted by atomic mass is 35.5. The number of rotatable bonds is 2. The fourth-order valence-corrected chi connectivity index (χ4v) is 3.79. The van der Waals surface area contributed by atoms with Gasteiger partial charge in [-0.05, 0) is 35.6 Å². The minimum atomic E-state index is -0.342. The molecule has 2 aromatic rings. The van der Waals surface area contributed by atoms with E-state index in [-0.39, 0.29) is 17.9 Å². The fourth-order valence-electron chi connectivity index (χ4n) is 2.03. The first-order valence-electron chi connectivity index (χ1n) is 6.00. The highest BCUT2D eigenvalue weighted by Crippen LogP contribution is 2.41. The fraction of sp³-hybridized carbons (Fsp3) is 0.214. The number of carbonyl (C=O) groups excluding carboxylic acids is 1. The quantitative estimate of drug-likeness (QED) is 0.832. The molecule has 2 heterocycles. The second-order valence-corrected chi connectivity index (χ2v) is 6.28. The number of thiophene rings is 1. The third-order valence-electron chi connectivity index (χ3n) is 3.08. The summed E-state index contributed by atoms with van der Waals surface area (Å²) in [7, 11) is 0. The third-order valence-corrected chi connectivity index (χ3v) is 5.46. The van der Waals surface area contributed by atoms with Crippen molar-refractivity contribution in [1.82, 2.24) is 0 Å². The summed E-state index contributed by atoms with van der Waals surface area (Å²) in [6, 6.07) is 5.53. The number of carbonyl (C=O) groups is 1. The summed E-state index contributed by atoms with van der Waals surface area (Å²) < 4.78 is 5.33. The molecule has 0 spiro atoms. The van der Waals surface area contributed by atoms with Crippen molar-refractivity contribution >= 4 is 46.1 Å². The van der Waals surface area contributed by atoms with Gasteiger partial charge in [0.25, 0.3) is 5.91 Å². The van der Waals surface area contributed by atoms with Gasteiger partial charge in [0.15, 0.2) is 6.61 Å². The predicted molar refractivity (Wildman–Crippen MR) is 82.3 cm³/mol. The summed E-state index contributed by atoms with van der Waals surface area (Å²) in [6.07, 6.45) is 0. The Balaban J connectivity index is 1.96. The lowest BCUT2D eigenvalue weighted by atomic mass is 10.1. The molecule has 0 bridgehead atoms. The van der Waals surface area contributed by atoms with E-state index < -0.39 is 0 Å². The highest BCUT2D eigenvalue weighted by molar-refractivity contribution is 7.11. The Labute approximate surface area is 130 Å². The average Bonchev–Trinajstić information content (AvgIpc) is 2.77. The number of halogens is 2. The maximum atomic E-state index is 11.3. The van der Waals surface area contributed by atoms with Gasteiger partial charge in [0.2, 0.25) is 0 Å². The van der Waals surface area contributed by atoms with Crippen molar-refractivity contribution in [2.45, 2.75) is 12.3 Å². The number of benzene rings is 1. The number of alkyl halides is 1. The molecular formula is C14H11Cl2NO2S. The molecule has 1 N–H and O–H groups in total. The molecule has 1 aliphatic heterocycles. The minimum absolute atomic E-state index is 0.0482. The topological polar surface area (TPSA) is 38.3 Å². The molecule has 1 aromatic carbocycles. The van der Waals surface area contributed by atoms with E-state index >= 15 is 0 Å². The van der Waals surface area contributed by atoms with Crippen LogP contribution in [0.3, 0.4) is 0 Å². The van der Waals surface area contributed by atoms with Crippen LogP contribution in [0.5, 0.6) is 5.75 Å². The van der Waals surface area contributed by atoms with Crippen LogP contribution in [0.25, 0.3) is 0 Å². The van der Waals surface area contributed by atoms with Crippen molar-refractivity contribution in [2.75, 3.05) is 11.9 Å². The van der Waals surface area contributed by atoms with Crippen molar-refractivity contribution in [2.24, 2.45) is 0 Å². The zero-order chi connectivity index (χ0) is 14.3. The summed E-state index contributed by atoms with van der Waals surface area (Å²) in [4.78, 5) is 12.3. The lowest BCUT2D eigenvalue weighted by Gasteiger charge is -2.19. The van der Waals surface area contributed by atoms with Crippen LogP contribution >= 0.6 is 34.5 Å². The first kappa shape index (κ1) is 13.7. The molecule has 3 rings (SSSR count). The molecule has 0 saturated heterocycles. The Kier molecular flexibility index (Phi) is 3.63. The van der Waals surface area contributed by atoms with E-state index in [2.05, 4.69) is 5.32 Å². The van der Waals surface area contributed by atoms with Gasteiger partial charge in [-0.2, -0.15) is 0 Å². The largest absolute Gasteiger partial charge is 0.482 e. The molecule has 0 saturated carbocycles. The van der Waals surface area contributed by atoms with E-state index in [1.165, 1.54) is 11.3 Å². The summed E-state index contributed by atoms with van der Waals surface area (Å²) >= 11 is 14.3. The summed E-state index contributed by atoms with van der Waals surface area (Å²) in [6.45, 7) is 2.00. The number of hydrogen-bond donors (Lipinski definition) is 1. The van der Waals surface area contributed by atoms with Crippen LogP contribution in [-0.2, 0) is 4.79 Å². The Bertz CT molecular complexity index is 684. The van der Waals surface area contributed by atoms with Crippen LogP contribution in [0.1, 0.15) is 21.4 Å². The van der Waals surface area contributed by atoms with Crippen LogP contribution in [0.2, 0.25) is 5.02 Å². The number of fused-ring (bicyclic) bond motifs is 1. The van der Waals surface area contributed by atoms with E-state index in [0.717, 1.165) is 16.0 Å². The normalized spacial score (nSPS) is 15.2. The lowest BCUT2D eigenvalue weighted by molar-refractivity contribution is -0.118. The summed E-state index contributed by atoms with van der Waals surface area (Å²) in [5.41, 5.74) is 2.54. The minimum Gasteiger partial charge on any atom is -0.482 e. The molecule has 3 nitrogen and oxygen atoms in total. The second-order valence-electron chi connectivity index (χ2n) is 4.55. The van der Waals surface area contributed by atoms with Gasteiger partial charge in [0.05, 0.1) is 16.1 Å².